The number of ether oxygens (including phenoxy) is 2. The van der Waals surface area contributed by atoms with Crippen LogP contribution < -0.4 is 4.74 Å². The summed E-state index contributed by atoms with van der Waals surface area (Å²) in [6, 6.07) is 10.7. The summed E-state index contributed by atoms with van der Waals surface area (Å²) >= 11 is 0. The second-order valence-corrected chi connectivity index (χ2v) is 9.70. The molecule has 3 aromatic rings. The fourth-order valence-corrected chi connectivity index (χ4v) is 5.24. The Balaban J connectivity index is 1.19. The number of hydrogen-bond acceptors (Lipinski definition) is 7. The van der Waals surface area contributed by atoms with Crippen LogP contribution >= 0.6 is 0 Å². The molecule has 1 saturated carbocycles. The number of benzene rings is 1. The quantitative estimate of drug-likeness (QED) is 0.354. The van der Waals surface area contributed by atoms with Crippen molar-refractivity contribution < 1.29 is 19.4 Å². The first kappa shape index (κ1) is 24.2. The highest BCUT2D eigenvalue weighted by Crippen LogP contribution is 2.36. The molecule has 2 aliphatic carbocycles. The molecule has 2 aliphatic rings. The predicted octanol–water partition coefficient (Wildman–Crippen LogP) is 4.42. The average Bonchev–Trinajstić information content (AvgIpc) is 3.55. The number of rotatable bonds is 8. The van der Waals surface area contributed by atoms with Crippen LogP contribution in [0.3, 0.4) is 0 Å². The first-order valence-corrected chi connectivity index (χ1v) is 12.8. The molecule has 1 fully saturated rings. The number of H-pyrrole nitrogens is 1. The minimum absolute atomic E-state index is 0.00668. The lowest BCUT2D eigenvalue weighted by atomic mass is 9.82. The zero-order valence-electron chi connectivity index (χ0n) is 20.6. The normalized spacial score (nSPS) is 23.9. The standard InChI is InChI=1S/C27H33N5O4/c1-2-35-26(33)24-25(30-31-29-24)36-22-12-10-20(11-13-22)19-6-8-21(9-7-19)23-14-17-28-32(23)18-27(34)15-4-3-5-16-27/h4,6-9,14-15,17,20,22,34H,2-3,5,10-13,16,18H2,1H3,(H,29,30,31). The molecule has 1 unspecified atom stereocenters. The fourth-order valence-electron chi connectivity index (χ4n) is 5.24. The molecule has 9 nitrogen and oxygen atoms in total. The van der Waals surface area contributed by atoms with Gasteiger partial charge >= 0.3 is 5.97 Å². The van der Waals surface area contributed by atoms with Crippen LogP contribution in [0.25, 0.3) is 11.3 Å². The SMILES string of the molecule is CCOC(=O)c1[nH]nnc1OC1CCC(c2ccc(-c3ccnn3CC3(O)C=CCCC3)cc2)CC1. The number of allylic oxidation sites excluding steroid dienone is 1. The molecule has 2 heterocycles. The van der Waals surface area contributed by atoms with E-state index in [1.54, 1.807) is 13.1 Å². The Hall–Kier alpha value is -3.46. The number of aromatic amines is 1. The van der Waals surface area contributed by atoms with Crippen molar-refractivity contribution in [3.63, 3.8) is 0 Å². The van der Waals surface area contributed by atoms with E-state index in [1.807, 2.05) is 16.8 Å². The van der Waals surface area contributed by atoms with E-state index in [0.717, 1.165) is 56.2 Å². The summed E-state index contributed by atoms with van der Waals surface area (Å²) in [4.78, 5) is 12.0. The number of nitrogens with zero attached hydrogens (tertiary/aromatic N) is 4. The van der Waals surface area contributed by atoms with Crippen LogP contribution in [0, 0.1) is 0 Å². The molecule has 2 aromatic heterocycles. The van der Waals surface area contributed by atoms with Gasteiger partial charge in [0.05, 0.1) is 18.8 Å². The van der Waals surface area contributed by atoms with Crippen LogP contribution in [0.15, 0.2) is 48.7 Å². The van der Waals surface area contributed by atoms with Crippen LogP contribution in [0.5, 0.6) is 5.88 Å². The summed E-state index contributed by atoms with van der Waals surface area (Å²) in [5, 5.41) is 25.6. The lowest BCUT2D eigenvalue weighted by Gasteiger charge is -2.29. The van der Waals surface area contributed by atoms with Gasteiger partial charge in [-0.1, -0.05) is 46.7 Å². The Morgan fingerprint density at radius 2 is 2.00 bits per heavy atom. The van der Waals surface area contributed by atoms with Crippen molar-refractivity contribution >= 4 is 5.97 Å². The van der Waals surface area contributed by atoms with Crippen LogP contribution in [-0.4, -0.2) is 54.6 Å². The third kappa shape index (κ3) is 5.36. The largest absolute Gasteiger partial charge is 0.472 e. The van der Waals surface area contributed by atoms with E-state index in [1.165, 1.54) is 5.56 Å². The summed E-state index contributed by atoms with van der Waals surface area (Å²) in [7, 11) is 0. The van der Waals surface area contributed by atoms with Gasteiger partial charge in [-0.2, -0.15) is 5.10 Å². The minimum atomic E-state index is -0.831. The monoisotopic (exact) mass is 491 g/mol. The summed E-state index contributed by atoms with van der Waals surface area (Å²) < 4.78 is 12.9. The Morgan fingerprint density at radius 1 is 1.19 bits per heavy atom. The highest BCUT2D eigenvalue weighted by molar-refractivity contribution is 5.89. The Kier molecular flexibility index (Phi) is 7.18. The number of carbonyl (C=O) groups excluding carboxylic acids is 1. The summed E-state index contributed by atoms with van der Waals surface area (Å²) in [5.74, 6) is 0.168. The highest BCUT2D eigenvalue weighted by Gasteiger charge is 2.28. The van der Waals surface area contributed by atoms with E-state index < -0.39 is 11.6 Å². The molecule has 0 saturated heterocycles. The van der Waals surface area contributed by atoms with E-state index in [-0.39, 0.29) is 24.3 Å². The fraction of sp³-hybridized carbons (Fsp3) is 0.481. The van der Waals surface area contributed by atoms with Gasteiger partial charge < -0.3 is 14.6 Å². The maximum Gasteiger partial charge on any atom is 0.362 e. The van der Waals surface area contributed by atoms with Crippen LogP contribution in [0.1, 0.15) is 73.8 Å². The summed E-state index contributed by atoms with van der Waals surface area (Å²) in [5.41, 5.74) is 2.75. The molecule has 2 N–H and O–H groups in total. The van der Waals surface area contributed by atoms with Gasteiger partial charge in [0.1, 0.15) is 11.7 Å². The highest BCUT2D eigenvalue weighted by atomic mass is 16.5. The number of aliphatic hydroxyl groups is 1. The molecule has 1 aromatic carbocycles. The summed E-state index contributed by atoms with van der Waals surface area (Å²) in [6.45, 7) is 2.49. The van der Waals surface area contributed by atoms with Gasteiger partial charge in [0.15, 0.2) is 0 Å². The molecule has 0 spiro atoms. The van der Waals surface area contributed by atoms with Crippen LogP contribution in [0.4, 0.5) is 0 Å². The number of carbonyl (C=O) groups is 1. The molecule has 190 valence electrons. The van der Waals surface area contributed by atoms with Crippen LogP contribution in [0.2, 0.25) is 0 Å². The average molecular weight is 492 g/mol. The van der Waals surface area contributed by atoms with E-state index in [9.17, 15) is 9.90 Å². The molecule has 1 atom stereocenters. The topological polar surface area (TPSA) is 115 Å². The van der Waals surface area contributed by atoms with Crippen molar-refractivity contribution in [2.75, 3.05) is 6.61 Å². The van der Waals surface area contributed by atoms with Crippen molar-refractivity contribution in [3.05, 3.63) is 59.9 Å². The Bertz CT molecular complexity index is 1190. The molecular weight excluding hydrogens is 458 g/mol. The third-order valence-corrected chi connectivity index (χ3v) is 7.18. The predicted molar refractivity (Wildman–Crippen MR) is 134 cm³/mol. The van der Waals surface area contributed by atoms with Crippen molar-refractivity contribution in [3.8, 4) is 17.1 Å². The van der Waals surface area contributed by atoms with Crippen molar-refractivity contribution in [2.24, 2.45) is 0 Å². The maximum atomic E-state index is 12.0. The van der Waals surface area contributed by atoms with E-state index in [4.69, 9.17) is 9.47 Å². The van der Waals surface area contributed by atoms with Gasteiger partial charge in [-0.3, -0.25) is 4.68 Å². The second kappa shape index (κ2) is 10.7. The molecule has 0 bridgehead atoms. The van der Waals surface area contributed by atoms with Gasteiger partial charge in [-0.05, 0) is 75.0 Å². The van der Waals surface area contributed by atoms with Crippen molar-refractivity contribution in [1.82, 2.24) is 25.2 Å². The van der Waals surface area contributed by atoms with Gasteiger partial charge in [-0.15, -0.1) is 0 Å². The van der Waals surface area contributed by atoms with Gasteiger partial charge in [-0.25, -0.2) is 9.89 Å². The van der Waals surface area contributed by atoms with Gasteiger partial charge in [0.25, 0.3) is 5.88 Å². The first-order valence-electron chi connectivity index (χ1n) is 12.8. The summed E-state index contributed by atoms with van der Waals surface area (Å²) in [6.07, 6.45) is 12.3. The molecular formula is C27H33N5O4. The Labute approximate surface area is 210 Å². The van der Waals surface area contributed by atoms with Crippen molar-refractivity contribution in [2.45, 2.75) is 76.0 Å². The molecule has 36 heavy (non-hydrogen) atoms. The van der Waals surface area contributed by atoms with E-state index in [2.05, 4.69) is 50.9 Å². The van der Waals surface area contributed by atoms with Gasteiger partial charge in [0, 0.05) is 6.20 Å². The molecule has 0 amide bonds. The molecule has 9 heteroatoms. The smallest absolute Gasteiger partial charge is 0.362 e. The van der Waals surface area contributed by atoms with E-state index in [0.29, 0.717) is 12.5 Å². The Morgan fingerprint density at radius 3 is 2.72 bits per heavy atom. The molecule has 0 aliphatic heterocycles. The molecule has 5 rings (SSSR count). The number of aromatic nitrogens is 5. The zero-order chi connectivity index (χ0) is 25.0. The van der Waals surface area contributed by atoms with Crippen LogP contribution in [-0.2, 0) is 11.3 Å². The lowest BCUT2D eigenvalue weighted by molar-refractivity contribution is 0.0506. The number of nitrogens with one attached hydrogen (secondary N) is 1. The second-order valence-electron chi connectivity index (χ2n) is 9.70. The van der Waals surface area contributed by atoms with E-state index >= 15 is 0 Å². The number of hydrogen-bond donors (Lipinski definition) is 2. The third-order valence-electron chi connectivity index (χ3n) is 7.18. The van der Waals surface area contributed by atoms with Gasteiger partial charge in [0.2, 0.25) is 5.69 Å². The minimum Gasteiger partial charge on any atom is -0.472 e. The number of esters is 1. The lowest BCUT2D eigenvalue weighted by Crippen LogP contribution is -2.34. The molecule has 0 radical (unpaired) electrons. The van der Waals surface area contributed by atoms with Crippen molar-refractivity contribution in [1.29, 1.82) is 0 Å². The zero-order valence-corrected chi connectivity index (χ0v) is 20.6. The maximum absolute atomic E-state index is 12.0. The first-order chi connectivity index (χ1) is 17.5.